The monoisotopic (exact) mass is 430 g/mol. The van der Waals surface area contributed by atoms with E-state index in [2.05, 4.69) is 5.32 Å². The number of urea groups is 1. The van der Waals surface area contributed by atoms with Gasteiger partial charge in [0.15, 0.2) is 0 Å². The van der Waals surface area contributed by atoms with Gasteiger partial charge in [-0.2, -0.15) is 0 Å². The molecule has 8 nitrogen and oxygen atoms in total. The molecule has 31 heavy (non-hydrogen) atoms. The molecule has 5 aliphatic rings. The second kappa shape index (κ2) is 7.20. The summed E-state index contributed by atoms with van der Waals surface area (Å²) in [6.07, 6.45) is 7.06. The lowest BCUT2D eigenvalue weighted by molar-refractivity contribution is -0.142. The van der Waals surface area contributed by atoms with Crippen molar-refractivity contribution in [1.82, 2.24) is 20.0 Å². The maximum atomic E-state index is 13.4. The number of amides is 5. The lowest BCUT2D eigenvalue weighted by Crippen LogP contribution is -2.57. The molecular weight excluding hydrogens is 396 g/mol. The van der Waals surface area contributed by atoms with Crippen LogP contribution in [0.3, 0.4) is 0 Å². The molecule has 5 amide bonds. The summed E-state index contributed by atoms with van der Waals surface area (Å²) >= 11 is 0. The van der Waals surface area contributed by atoms with E-state index in [-0.39, 0.29) is 47.0 Å². The van der Waals surface area contributed by atoms with E-state index in [0.29, 0.717) is 32.5 Å². The van der Waals surface area contributed by atoms with Gasteiger partial charge >= 0.3 is 6.03 Å². The molecule has 0 aromatic heterocycles. The number of nitrogens with one attached hydrogen (secondary N) is 1. The predicted octanol–water partition coefficient (Wildman–Crippen LogP) is 1.74. The molecule has 3 aliphatic heterocycles. The van der Waals surface area contributed by atoms with Gasteiger partial charge in [-0.05, 0) is 50.4 Å². The summed E-state index contributed by atoms with van der Waals surface area (Å²) in [5.41, 5.74) is -0.611. The van der Waals surface area contributed by atoms with Gasteiger partial charge < -0.3 is 15.1 Å². The van der Waals surface area contributed by atoms with E-state index >= 15 is 0 Å². The highest BCUT2D eigenvalue weighted by molar-refractivity contribution is 6.07. The van der Waals surface area contributed by atoms with E-state index in [9.17, 15) is 19.2 Å². The van der Waals surface area contributed by atoms with Crippen LogP contribution in [-0.2, 0) is 14.4 Å². The van der Waals surface area contributed by atoms with Crippen LogP contribution in [0.1, 0.15) is 65.2 Å². The Hall–Kier alpha value is -2.12. The molecule has 8 heteroatoms. The number of nitrogens with zero attached hydrogens (tertiary/aromatic N) is 3. The third kappa shape index (κ3) is 3.24. The Labute approximate surface area is 183 Å². The second-order valence-electron chi connectivity index (χ2n) is 10.7. The molecule has 1 N–H and O–H groups in total. The van der Waals surface area contributed by atoms with Crippen LogP contribution in [0, 0.1) is 17.3 Å². The van der Waals surface area contributed by atoms with Gasteiger partial charge in [0.2, 0.25) is 11.8 Å². The van der Waals surface area contributed by atoms with Crippen molar-refractivity contribution in [2.45, 2.75) is 76.8 Å². The normalized spacial score (nSPS) is 31.3. The molecule has 0 aromatic rings. The lowest BCUT2D eigenvalue weighted by Gasteiger charge is -2.39. The van der Waals surface area contributed by atoms with E-state index in [4.69, 9.17) is 0 Å². The predicted molar refractivity (Wildman–Crippen MR) is 113 cm³/mol. The number of carbonyl (C=O) groups is 4. The summed E-state index contributed by atoms with van der Waals surface area (Å²) in [6.45, 7) is 5.90. The Bertz CT molecular complexity index is 812. The number of carbonyl (C=O) groups excluding carboxylic acids is 4. The fourth-order valence-electron chi connectivity index (χ4n) is 6.25. The van der Waals surface area contributed by atoms with Crippen molar-refractivity contribution in [3.05, 3.63) is 0 Å². The summed E-state index contributed by atoms with van der Waals surface area (Å²) in [5, 5.41) is 2.96. The minimum Gasteiger partial charge on any atom is -0.342 e. The van der Waals surface area contributed by atoms with Crippen molar-refractivity contribution in [3.63, 3.8) is 0 Å². The third-order valence-corrected chi connectivity index (χ3v) is 8.53. The quantitative estimate of drug-likeness (QED) is 0.691. The first kappa shape index (κ1) is 20.8. The van der Waals surface area contributed by atoms with Crippen molar-refractivity contribution in [3.8, 4) is 0 Å². The zero-order valence-corrected chi connectivity index (χ0v) is 18.7. The first-order valence-corrected chi connectivity index (χ1v) is 12.0. The fourth-order valence-corrected chi connectivity index (χ4v) is 6.25. The zero-order valence-electron chi connectivity index (χ0n) is 18.7. The van der Waals surface area contributed by atoms with E-state index in [0.717, 1.165) is 25.8 Å². The highest BCUT2D eigenvalue weighted by Crippen LogP contribution is 2.66. The van der Waals surface area contributed by atoms with Crippen LogP contribution in [-0.4, -0.2) is 76.2 Å². The highest BCUT2D eigenvalue weighted by atomic mass is 16.2. The average Bonchev–Trinajstić information content (AvgIpc) is 3.45. The first-order valence-electron chi connectivity index (χ1n) is 12.0. The van der Waals surface area contributed by atoms with Crippen LogP contribution >= 0.6 is 0 Å². The number of likely N-dealkylation sites (tertiary alicyclic amines) is 2. The average molecular weight is 431 g/mol. The van der Waals surface area contributed by atoms with Gasteiger partial charge in [-0.3, -0.25) is 19.3 Å². The number of hydrogen-bond donors (Lipinski definition) is 1. The third-order valence-electron chi connectivity index (χ3n) is 8.53. The molecular formula is C23H34N4O4. The number of rotatable bonds is 3. The highest BCUT2D eigenvalue weighted by Gasteiger charge is 2.62. The van der Waals surface area contributed by atoms with Gasteiger partial charge in [-0.25, -0.2) is 4.79 Å². The fraction of sp³-hybridized carbons (Fsp3) is 0.826. The number of piperidine rings is 2. The lowest BCUT2D eigenvalue weighted by atomic mass is 9.79. The minimum absolute atomic E-state index is 0.0734. The van der Waals surface area contributed by atoms with E-state index < -0.39 is 5.54 Å². The van der Waals surface area contributed by atoms with Crippen molar-refractivity contribution in [2.75, 3.05) is 26.2 Å². The Morgan fingerprint density at radius 1 is 1.00 bits per heavy atom. The standard InChI is InChI=1S/C23H34N4O4/c1-15(2)18(28)25-11-8-23(9-12-25)20(30)27(21(31)24-23)16-5-3-10-26(14-16)19(29)17-13-22(17)6-4-7-22/h15-17H,3-14H2,1-2H3,(H,24,31)/t16-,17-/m1/s1. The Morgan fingerprint density at radius 2 is 1.71 bits per heavy atom. The molecule has 2 spiro atoms. The van der Waals surface area contributed by atoms with Crippen molar-refractivity contribution in [2.24, 2.45) is 17.3 Å². The second-order valence-corrected chi connectivity index (χ2v) is 10.7. The van der Waals surface area contributed by atoms with Crippen molar-refractivity contribution < 1.29 is 19.2 Å². The van der Waals surface area contributed by atoms with Crippen LogP contribution in [0.25, 0.3) is 0 Å². The van der Waals surface area contributed by atoms with Crippen molar-refractivity contribution >= 4 is 23.8 Å². The molecule has 2 aliphatic carbocycles. The first-order chi connectivity index (χ1) is 14.8. The smallest absolute Gasteiger partial charge is 0.325 e. The summed E-state index contributed by atoms with van der Waals surface area (Å²) in [7, 11) is 0. The Morgan fingerprint density at radius 3 is 2.29 bits per heavy atom. The van der Waals surface area contributed by atoms with Crippen LogP contribution in [0.15, 0.2) is 0 Å². The molecule has 0 unspecified atom stereocenters. The summed E-state index contributed by atoms with van der Waals surface area (Å²) in [6, 6.07) is -0.592. The molecule has 0 bridgehead atoms. The van der Waals surface area contributed by atoms with Gasteiger partial charge in [0.25, 0.3) is 5.91 Å². The van der Waals surface area contributed by atoms with Crippen LogP contribution < -0.4 is 5.32 Å². The maximum Gasteiger partial charge on any atom is 0.325 e. The van der Waals surface area contributed by atoms with Gasteiger partial charge in [0, 0.05) is 38.0 Å². The van der Waals surface area contributed by atoms with E-state index in [1.807, 2.05) is 18.7 Å². The molecule has 5 fully saturated rings. The van der Waals surface area contributed by atoms with E-state index in [1.54, 1.807) is 4.90 Å². The molecule has 170 valence electrons. The SMILES string of the molecule is CC(C)C(=O)N1CCC2(CC1)NC(=O)N([C@@H]1CCCN(C(=O)[C@H]3CC34CCC4)C1)C2=O. The van der Waals surface area contributed by atoms with Gasteiger partial charge in [-0.15, -0.1) is 0 Å². The van der Waals surface area contributed by atoms with Gasteiger partial charge in [0.05, 0.1) is 6.04 Å². The molecule has 2 atom stereocenters. The summed E-state index contributed by atoms with van der Waals surface area (Å²) in [4.78, 5) is 56.7. The van der Waals surface area contributed by atoms with Gasteiger partial charge in [0.1, 0.15) is 5.54 Å². The van der Waals surface area contributed by atoms with Crippen LogP contribution in [0.5, 0.6) is 0 Å². The molecule has 5 rings (SSSR count). The van der Waals surface area contributed by atoms with Crippen molar-refractivity contribution in [1.29, 1.82) is 0 Å². The molecule has 0 aromatic carbocycles. The summed E-state index contributed by atoms with van der Waals surface area (Å²) in [5.74, 6) is 0.240. The molecule has 3 saturated heterocycles. The Kier molecular flexibility index (Phi) is 4.83. The van der Waals surface area contributed by atoms with Crippen LogP contribution in [0.4, 0.5) is 4.79 Å². The Balaban J connectivity index is 1.23. The maximum absolute atomic E-state index is 13.4. The summed E-state index contributed by atoms with van der Waals surface area (Å²) < 4.78 is 0. The number of hydrogen-bond acceptors (Lipinski definition) is 4. The molecule has 2 saturated carbocycles. The zero-order chi connectivity index (χ0) is 22.0. The molecule has 3 heterocycles. The topological polar surface area (TPSA) is 90.0 Å². The van der Waals surface area contributed by atoms with Crippen LogP contribution in [0.2, 0.25) is 0 Å². The van der Waals surface area contributed by atoms with Gasteiger partial charge in [-0.1, -0.05) is 20.3 Å². The minimum atomic E-state index is -0.899. The largest absolute Gasteiger partial charge is 0.342 e. The van der Waals surface area contributed by atoms with E-state index in [1.165, 1.54) is 24.2 Å². The molecule has 0 radical (unpaired) electrons. The number of imide groups is 1.